The first-order valence-electron chi connectivity index (χ1n) is 13.7. The van der Waals surface area contributed by atoms with Gasteiger partial charge in [-0.3, -0.25) is 14.4 Å². The van der Waals surface area contributed by atoms with E-state index in [1.807, 2.05) is 34.5 Å². The molecule has 1 saturated heterocycles. The Bertz CT molecular complexity index is 1110. The van der Waals surface area contributed by atoms with Crippen molar-refractivity contribution in [3.05, 3.63) is 51.5 Å². The molecule has 1 aromatic heterocycles. The maximum atomic E-state index is 13.9. The minimum atomic E-state index is -0.524. The average molecular weight is 525 g/mol. The largest absolute Gasteiger partial charge is 0.343 e. The summed E-state index contributed by atoms with van der Waals surface area (Å²) in [5.74, 6) is 0.239. The molecule has 2 aliphatic rings. The summed E-state index contributed by atoms with van der Waals surface area (Å²) in [6, 6.07) is 6.68. The molecule has 7 nitrogen and oxygen atoms in total. The smallest absolute Gasteiger partial charge is 0.246 e. The van der Waals surface area contributed by atoms with Crippen molar-refractivity contribution in [2.24, 2.45) is 5.92 Å². The lowest BCUT2D eigenvalue weighted by molar-refractivity contribution is -0.139. The van der Waals surface area contributed by atoms with Crippen LogP contribution in [0.5, 0.6) is 0 Å². The van der Waals surface area contributed by atoms with E-state index >= 15 is 0 Å². The zero-order valence-electron chi connectivity index (χ0n) is 22.5. The summed E-state index contributed by atoms with van der Waals surface area (Å²) in [4.78, 5) is 46.6. The Hall–Kier alpha value is -2.58. The Morgan fingerprint density at radius 2 is 1.81 bits per heavy atom. The van der Waals surface area contributed by atoms with Crippen LogP contribution in [-0.4, -0.2) is 53.2 Å². The SMILES string of the molecule is CN[C@@H](C)C(=O)N[C@H](C(=O)N1CCCC1c1nc(C(=O)c2cccc(C(C)C)c2)cs1)C1CCCCC1. The molecule has 0 bridgehead atoms. The summed E-state index contributed by atoms with van der Waals surface area (Å²) in [7, 11) is 1.75. The van der Waals surface area contributed by atoms with Crippen molar-refractivity contribution < 1.29 is 14.4 Å². The number of nitrogens with one attached hydrogen (secondary N) is 2. The fourth-order valence-corrected chi connectivity index (χ4v) is 6.40. The molecule has 1 aliphatic heterocycles. The van der Waals surface area contributed by atoms with E-state index in [0.29, 0.717) is 23.7 Å². The highest BCUT2D eigenvalue weighted by atomic mass is 32.1. The van der Waals surface area contributed by atoms with Crippen molar-refractivity contribution in [3.63, 3.8) is 0 Å². The van der Waals surface area contributed by atoms with E-state index in [1.54, 1.807) is 14.0 Å². The minimum absolute atomic E-state index is 0.0150. The van der Waals surface area contributed by atoms with Gasteiger partial charge in [0.05, 0.1) is 12.1 Å². The monoisotopic (exact) mass is 524 g/mol. The van der Waals surface area contributed by atoms with E-state index in [9.17, 15) is 14.4 Å². The highest BCUT2D eigenvalue weighted by Gasteiger charge is 2.40. The van der Waals surface area contributed by atoms with Gasteiger partial charge >= 0.3 is 0 Å². The quantitative estimate of drug-likeness (QED) is 0.459. The van der Waals surface area contributed by atoms with Gasteiger partial charge in [-0.1, -0.05) is 51.3 Å². The molecule has 2 aromatic rings. The lowest BCUT2D eigenvalue weighted by atomic mass is 9.83. The van der Waals surface area contributed by atoms with Crippen LogP contribution >= 0.6 is 11.3 Å². The molecule has 4 rings (SSSR count). The van der Waals surface area contributed by atoms with Gasteiger partial charge in [-0.25, -0.2) is 4.98 Å². The molecule has 1 saturated carbocycles. The molecule has 2 heterocycles. The third kappa shape index (κ3) is 6.29. The highest BCUT2D eigenvalue weighted by molar-refractivity contribution is 7.10. The second kappa shape index (κ2) is 12.3. The Labute approximate surface area is 224 Å². The number of ketones is 1. The lowest BCUT2D eigenvalue weighted by Crippen LogP contribution is -2.55. The molecule has 2 amide bonds. The van der Waals surface area contributed by atoms with E-state index in [0.717, 1.165) is 49.1 Å². The van der Waals surface area contributed by atoms with Gasteiger partial charge in [-0.15, -0.1) is 11.3 Å². The number of hydrogen-bond donors (Lipinski definition) is 2. The van der Waals surface area contributed by atoms with E-state index in [2.05, 4.69) is 24.5 Å². The van der Waals surface area contributed by atoms with E-state index in [1.165, 1.54) is 17.8 Å². The molecule has 0 spiro atoms. The first kappa shape index (κ1) is 27.5. The van der Waals surface area contributed by atoms with Crippen molar-refractivity contribution >= 4 is 28.9 Å². The zero-order valence-corrected chi connectivity index (χ0v) is 23.3. The standard InChI is InChI=1S/C29H40N4O3S/c1-18(2)21-12-8-13-22(16-21)26(34)23-17-37-28(31-23)24-14-9-15-33(24)29(36)25(20-10-6-5-7-11-20)32-27(35)19(3)30-4/h8,12-13,16-20,24-25,30H,5-7,9-11,14-15H2,1-4H3,(H,32,35)/t19-,24?,25-/m0/s1. The number of aromatic nitrogens is 1. The van der Waals surface area contributed by atoms with Gasteiger partial charge in [0.1, 0.15) is 16.7 Å². The molecule has 3 atom stereocenters. The van der Waals surface area contributed by atoms with E-state index in [-0.39, 0.29) is 35.6 Å². The van der Waals surface area contributed by atoms with Gasteiger partial charge in [-0.05, 0) is 63.1 Å². The summed E-state index contributed by atoms with van der Waals surface area (Å²) in [6.45, 7) is 6.67. The minimum Gasteiger partial charge on any atom is -0.343 e. The third-order valence-corrected chi connectivity index (χ3v) is 8.85. The number of nitrogens with zero attached hydrogens (tertiary/aromatic N) is 2. The van der Waals surface area contributed by atoms with Gasteiger partial charge in [0, 0.05) is 17.5 Å². The third-order valence-electron chi connectivity index (χ3n) is 7.90. The Balaban J connectivity index is 1.53. The number of likely N-dealkylation sites (tertiary alicyclic amines) is 1. The molecule has 0 radical (unpaired) electrons. The average Bonchev–Trinajstić information content (AvgIpc) is 3.61. The summed E-state index contributed by atoms with van der Waals surface area (Å²) < 4.78 is 0. The normalized spacial score (nSPS) is 20.1. The fraction of sp³-hybridized carbons (Fsp3) is 0.586. The van der Waals surface area contributed by atoms with Gasteiger partial charge in [0.25, 0.3) is 0 Å². The lowest BCUT2D eigenvalue weighted by Gasteiger charge is -2.35. The summed E-state index contributed by atoms with van der Waals surface area (Å²) in [5, 5.41) is 8.67. The number of hydrogen-bond acceptors (Lipinski definition) is 6. The molecule has 8 heteroatoms. The van der Waals surface area contributed by atoms with Crippen LogP contribution in [0, 0.1) is 5.92 Å². The van der Waals surface area contributed by atoms with Gasteiger partial charge in [0.2, 0.25) is 17.6 Å². The highest BCUT2D eigenvalue weighted by Crippen LogP contribution is 2.36. The van der Waals surface area contributed by atoms with Crippen LogP contribution < -0.4 is 10.6 Å². The molecular formula is C29H40N4O3S. The molecular weight excluding hydrogens is 484 g/mol. The Morgan fingerprint density at radius 3 is 2.51 bits per heavy atom. The van der Waals surface area contributed by atoms with Crippen LogP contribution in [0.4, 0.5) is 0 Å². The molecule has 1 unspecified atom stereocenters. The second-order valence-electron chi connectivity index (χ2n) is 10.8. The summed E-state index contributed by atoms with van der Waals surface area (Å²) in [6.07, 6.45) is 6.96. The number of amides is 2. The van der Waals surface area contributed by atoms with Crippen LogP contribution in [0.15, 0.2) is 29.6 Å². The van der Waals surface area contributed by atoms with Gasteiger partial charge < -0.3 is 15.5 Å². The van der Waals surface area contributed by atoms with Gasteiger partial charge in [0.15, 0.2) is 0 Å². The first-order chi connectivity index (χ1) is 17.8. The van der Waals surface area contributed by atoms with Crippen molar-refractivity contribution in [2.45, 2.75) is 89.8 Å². The van der Waals surface area contributed by atoms with Crippen LogP contribution in [0.2, 0.25) is 0 Å². The Kier molecular flexibility index (Phi) is 9.13. The predicted octanol–water partition coefficient (Wildman–Crippen LogP) is 4.83. The number of carbonyl (C=O) groups is 3. The summed E-state index contributed by atoms with van der Waals surface area (Å²) in [5.41, 5.74) is 2.19. The first-order valence-corrected chi connectivity index (χ1v) is 14.6. The van der Waals surface area contributed by atoms with Crippen molar-refractivity contribution in [2.75, 3.05) is 13.6 Å². The molecule has 37 heavy (non-hydrogen) atoms. The molecule has 1 aliphatic carbocycles. The summed E-state index contributed by atoms with van der Waals surface area (Å²) >= 11 is 1.45. The molecule has 2 N–H and O–H groups in total. The van der Waals surface area contributed by atoms with Crippen LogP contribution in [0.25, 0.3) is 0 Å². The number of carbonyl (C=O) groups excluding carboxylic acids is 3. The molecule has 2 fully saturated rings. The van der Waals surface area contributed by atoms with Crippen molar-refractivity contribution in [3.8, 4) is 0 Å². The zero-order chi connectivity index (χ0) is 26.5. The maximum absolute atomic E-state index is 13.9. The van der Waals surface area contributed by atoms with Crippen LogP contribution in [-0.2, 0) is 9.59 Å². The van der Waals surface area contributed by atoms with E-state index < -0.39 is 6.04 Å². The van der Waals surface area contributed by atoms with Crippen LogP contribution in [0.1, 0.15) is 104 Å². The van der Waals surface area contributed by atoms with Crippen molar-refractivity contribution in [1.82, 2.24) is 20.5 Å². The topological polar surface area (TPSA) is 91.4 Å². The van der Waals surface area contributed by atoms with Crippen LogP contribution in [0.3, 0.4) is 0 Å². The number of thiazole rings is 1. The van der Waals surface area contributed by atoms with Crippen molar-refractivity contribution in [1.29, 1.82) is 0 Å². The Morgan fingerprint density at radius 1 is 1.05 bits per heavy atom. The van der Waals surface area contributed by atoms with Gasteiger partial charge in [-0.2, -0.15) is 0 Å². The number of benzene rings is 1. The fourth-order valence-electron chi connectivity index (χ4n) is 5.46. The molecule has 200 valence electrons. The second-order valence-corrected chi connectivity index (χ2v) is 11.7. The molecule has 1 aromatic carbocycles. The maximum Gasteiger partial charge on any atom is 0.246 e. The number of rotatable bonds is 9. The van der Waals surface area contributed by atoms with E-state index in [4.69, 9.17) is 4.98 Å². The predicted molar refractivity (Wildman–Crippen MR) is 147 cm³/mol. The number of likely N-dealkylation sites (N-methyl/N-ethyl adjacent to an activating group) is 1.